The third-order valence-corrected chi connectivity index (χ3v) is 4.96. The molecule has 0 atom stereocenters. The van der Waals surface area contributed by atoms with Crippen LogP contribution < -0.4 is 0 Å². The zero-order chi connectivity index (χ0) is 33.1. The number of ether oxygens (including phenoxy) is 12. The Kier molecular flexibility index (Phi) is 32.1. The normalized spacial score (nSPS) is 10.9. The number of hydrogen-bond acceptors (Lipinski definition) is 15. The number of rotatable bonds is 35. The molecule has 0 amide bonds. The van der Waals surface area contributed by atoms with Crippen LogP contribution in [0.2, 0.25) is 0 Å². The molecule has 0 bridgehead atoms. The second kappa shape index (κ2) is 34.1. The van der Waals surface area contributed by atoms with Crippen LogP contribution in [0.15, 0.2) is 38.0 Å². The van der Waals surface area contributed by atoms with E-state index in [1.807, 2.05) is 0 Å². The van der Waals surface area contributed by atoms with Crippen LogP contribution in [-0.2, 0) is 71.2 Å². The van der Waals surface area contributed by atoms with Gasteiger partial charge in [0.05, 0.1) is 112 Å². The van der Waals surface area contributed by atoms with Gasteiger partial charge in [-0.25, -0.2) is 14.4 Å². The van der Waals surface area contributed by atoms with E-state index in [1.165, 1.54) is 0 Å². The average molecular weight is 651 g/mol. The van der Waals surface area contributed by atoms with Gasteiger partial charge in [0.1, 0.15) is 25.9 Å². The lowest BCUT2D eigenvalue weighted by Gasteiger charge is -2.18. The summed E-state index contributed by atoms with van der Waals surface area (Å²) < 4.78 is 64.0. The highest BCUT2D eigenvalue weighted by Gasteiger charge is 2.10. The molecule has 45 heavy (non-hydrogen) atoms. The maximum atomic E-state index is 11.0. The Morgan fingerprint density at radius 1 is 0.378 bits per heavy atom. The first-order valence-corrected chi connectivity index (χ1v) is 14.6. The SMILES string of the molecule is C=CC(=O)OCCOCCOCCOCC(COCCOCCOCCOC(=O)C=C)OCCOCCOCCOC(=O)C=C. The van der Waals surface area contributed by atoms with Crippen LogP contribution >= 0.6 is 0 Å². The van der Waals surface area contributed by atoms with E-state index in [2.05, 4.69) is 19.7 Å². The van der Waals surface area contributed by atoms with Crippen LogP contribution in [0.5, 0.6) is 0 Å². The molecule has 0 rings (SSSR count). The molecule has 0 aromatic heterocycles. The molecule has 0 saturated carbocycles. The van der Waals surface area contributed by atoms with Gasteiger partial charge in [-0.3, -0.25) is 0 Å². The minimum Gasteiger partial charge on any atom is -0.460 e. The van der Waals surface area contributed by atoms with E-state index in [-0.39, 0.29) is 59.0 Å². The molecule has 0 spiro atoms. The highest BCUT2D eigenvalue weighted by molar-refractivity contribution is 5.81. The highest BCUT2D eigenvalue weighted by atomic mass is 16.6. The summed E-state index contributed by atoms with van der Waals surface area (Å²) in [5.74, 6) is -1.47. The molecule has 15 nitrogen and oxygen atoms in total. The van der Waals surface area contributed by atoms with Crippen molar-refractivity contribution in [2.45, 2.75) is 6.10 Å². The largest absolute Gasteiger partial charge is 0.460 e. The third-order valence-electron chi connectivity index (χ3n) is 4.96. The molecular weight excluding hydrogens is 600 g/mol. The predicted molar refractivity (Wildman–Crippen MR) is 160 cm³/mol. The third kappa shape index (κ3) is 32.5. The number of carbonyl (C=O) groups is 3. The van der Waals surface area contributed by atoms with Crippen molar-refractivity contribution in [3.8, 4) is 0 Å². The Labute approximate surface area is 265 Å². The van der Waals surface area contributed by atoms with Gasteiger partial charge in [-0.2, -0.15) is 0 Å². The summed E-state index contributed by atoms with van der Waals surface area (Å²) in [7, 11) is 0. The molecule has 0 aliphatic carbocycles. The minimum atomic E-state index is -0.492. The van der Waals surface area contributed by atoms with Gasteiger partial charge < -0.3 is 56.8 Å². The van der Waals surface area contributed by atoms with Crippen LogP contribution in [0, 0.1) is 0 Å². The topological polar surface area (TPSA) is 162 Å². The van der Waals surface area contributed by atoms with E-state index >= 15 is 0 Å². The fourth-order valence-electron chi connectivity index (χ4n) is 2.83. The Balaban J connectivity index is 4.01. The van der Waals surface area contributed by atoms with Gasteiger partial charge in [-0.05, 0) is 0 Å². The minimum absolute atomic E-state index is 0.150. The lowest BCUT2D eigenvalue weighted by atomic mass is 10.4. The first-order valence-electron chi connectivity index (χ1n) is 14.6. The van der Waals surface area contributed by atoms with E-state index in [0.717, 1.165) is 18.2 Å². The number of esters is 3. The van der Waals surface area contributed by atoms with Gasteiger partial charge >= 0.3 is 17.9 Å². The van der Waals surface area contributed by atoms with Crippen LogP contribution in [-0.4, -0.2) is 156 Å². The molecule has 0 fully saturated rings. The average Bonchev–Trinajstić information content (AvgIpc) is 3.05. The van der Waals surface area contributed by atoms with E-state index in [0.29, 0.717) is 79.3 Å². The van der Waals surface area contributed by atoms with E-state index in [4.69, 9.17) is 56.8 Å². The standard InChI is InChI=1S/C30H50O15/c1-4-28(31)43-22-18-37-9-7-34-13-15-40-25-27(42-21-17-36-11-12-39-20-24-45-30(33)6-3)26-41-16-14-35-8-10-38-19-23-44-29(32)5-2/h4-6,27H,1-3,7-26H2. The van der Waals surface area contributed by atoms with Gasteiger partial charge in [0.15, 0.2) is 0 Å². The molecule has 260 valence electrons. The van der Waals surface area contributed by atoms with Crippen molar-refractivity contribution in [3.63, 3.8) is 0 Å². The van der Waals surface area contributed by atoms with Crippen molar-refractivity contribution in [1.82, 2.24) is 0 Å². The molecule has 0 N–H and O–H groups in total. The lowest BCUT2D eigenvalue weighted by Crippen LogP contribution is -2.29. The smallest absolute Gasteiger partial charge is 0.330 e. The van der Waals surface area contributed by atoms with Gasteiger partial charge in [0, 0.05) is 18.2 Å². The molecule has 15 heteroatoms. The molecule has 0 aliphatic heterocycles. The van der Waals surface area contributed by atoms with Crippen molar-refractivity contribution in [1.29, 1.82) is 0 Å². The zero-order valence-corrected chi connectivity index (χ0v) is 26.2. The number of carbonyl (C=O) groups excluding carboxylic acids is 3. The van der Waals surface area contributed by atoms with Crippen LogP contribution in [0.1, 0.15) is 0 Å². The molecule has 0 aliphatic rings. The molecule has 0 aromatic rings. The summed E-state index contributed by atoms with van der Waals surface area (Å²) in [4.78, 5) is 32.8. The summed E-state index contributed by atoms with van der Waals surface area (Å²) in [6.07, 6.45) is 2.94. The maximum absolute atomic E-state index is 11.0. The predicted octanol–water partition coefficient (Wildman–Crippen LogP) is 0.692. The first-order chi connectivity index (χ1) is 22.0. The van der Waals surface area contributed by atoms with E-state index < -0.39 is 17.9 Å². The van der Waals surface area contributed by atoms with Crippen LogP contribution in [0.4, 0.5) is 0 Å². The van der Waals surface area contributed by atoms with E-state index in [9.17, 15) is 14.4 Å². The molecule has 0 aromatic carbocycles. The summed E-state index contributed by atoms with van der Waals surface area (Å²) in [6.45, 7) is 16.1. The summed E-state index contributed by atoms with van der Waals surface area (Å²) in [6, 6.07) is 0. The van der Waals surface area contributed by atoms with Gasteiger partial charge in [0.25, 0.3) is 0 Å². The molecule has 0 radical (unpaired) electrons. The fraction of sp³-hybridized carbons (Fsp3) is 0.700. The second-order valence-electron chi connectivity index (χ2n) is 8.43. The Morgan fingerprint density at radius 2 is 0.622 bits per heavy atom. The monoisotopic (exact) mass is 650 g/mol. The summed E-state index contributed by atoms with van der Waals surface area (Å²) in [5.41, 5.74) is 0. The van der Waals surface area contributed by atoms with Crippen LogP contribution in [0.3, 0.4) is 0 Å². The Hall–Kier alpha value is -2.73. The van der Waals surface area contributed by atoms with Gasteiger partial charge in [-0.15, -0.1) is 0 Å². The molecule has 0 saturated heterocycles. The highest BCUT2D eigenvalue weighted by Crippen LogP contribution is 1.97. The second-order valence-corrected chi connectivity index (χ2v) is 8.43. The Bertz CT molecular complexity index is 720. The van der Waals surface area contributed by atoms with Crippen molar-refractivity contribution in [2.75, 3.05) is 132 Å². The first kappa shape index (κ1) is 42.3. The fourth-order valence-corrected chi connectivity index (χ4v) is 2.83. The van der Waals surface area contributed by atoms with Crippen molar-refractivity contribution < 1.29 is 71.2 Å². The Morgan fingerprint density at radius 3 is 0.911 bits per heavy atom. The molecule has 0 unspecified atom stereocenters. The zero-order valence-electron chi connectivity index (χ0n) is 26.2. The van der Waals surface area contributed by atoms with E-state index in [1.54, 1.807) is 0 Å². The quantitative estimate of drug-likeness (QED) is 0.0407. The van der Waals surface area contributed by atoms with Gasteiger partial charge in [-0.1, -0.05) is 19.7 Å². The molecular formula is C30H50O15. The van der Waals surface area contributed by atoms with Gasteiger partial charge in [0.2, 0.25) is 0 Å². The van der Waals surface area contributed by atoms with Crippen molar-refractivity contribution in [3.05, 3.63) is 38.0 Å². The number of hydrogen-bond donors (Lipinski definition) is 0. The lowest BCUT2D eigenvalue weighted by molar-refractivity contribution is -0.140. The summed E-state index contributed by atoms with van der Waals surface area (Å²) in [5, 5.41) is 0. The van der Waals surface area contributed by atoms with Crippen molar-refractivity contribution in [2.24, 2.45) is 0 Å². The van der Waals surface area contributed by atoms with Crippen molar-refractivity contribution >= 4 is 17.9 Å². The summed E-state index contributed by atoms with van der Waals surface area (Å²) >= 11 is 0. The molecule has 0 heterocycles. The maximum Gasteiger partial charge on any atom is 0.330 e. The van der Waals surface area contributed by atoms with Crippen LogP contribution in [0.25, 0.3) is 0 Å².